The molecule has 13 heavy (non-hydrogen) atoms. The van der Waals surface area contributed by atoms with Crippen molar-refractivity contribution in [3.05, 3.63) is 11.6 Å². The molecule has 0 nitrogen and oxygen atoms in total. The van der Waals surface area contributed by atoms with Crippen molar-refractivity contribution >= 4 is 0 Å². The van der Waals surface area contributed by atoms with Gasteiger partial charge >= 0.3 is 0 Å². The highest BCUT2D eigenvalue weighted by atomic mass is 14.8. The fraction of sp³-hybridized carbons (Fsp3) is 0.846. The molecule has 0 amide bonds. The van der Waals surface area contributed by atoms with Crippen LogP contribution in [0, 0.1) is 35.5 Å². The summed E-state index contributed by atoms with van der Waals surface area (Å²) in [4.78, 5) is 0. The zero-order valence-corrected chi connectivity index (χ0v) is 8.37. The van der Waals surface area contributed by atoms with E-state index in [1.165, 1.54) is 37.0 Å². The van der Waals surface area contributed by atoms with E-state index >= 15 is 0 Å². The van der Waals surface area contributed by atoms with Crippen molar-refractivity contribution in [2.45, 2.75) is 32.6 Å². The SMILES string of the molecule is CCCCC1=C[C@H]2[C@H]3C[C@H]4[C@H]2[C@@H]4[C@H]13. The Hall–Kier alpha value is -0.260. The van der Waals surface area contributed by atoms with Crippen LogP contribution in [0.4, 0.5) is 0 Å². The highest BCUT2D eigenvalue weighted by Gasteiger charge is 2.75. The van der Waals surface area contributed by atoms with E-state index in [4.69, 9.17) is 0 Å². The topological polar surface area (TPSA) is 0 Å². The Balaban J connectivity index is 1.60. The maximum Gasteiger partial charge on any atom is -0.0135 e. The molecule has 6 bridgehead atoms. The van der Waals surface area contributed by atoms with Crippen molar-refractivity contribution in [2.75, 3.05) is 0 Å². The van der Waals surface area contributed by atoms with Gasteiger partial charge in [-0.3, -0.25) is 0 Å². The molecule has 4 fully saturated rings. The van der Waals surface area contributed by atoms with E-state index < -0.39 is 0 Å². The molecular formula is C13H18. The first-order chi connectivity index (χ1) is 6.42. The molecule has 0 spiro atoms. The van der Waals surface area contributed by atoms with Crippen LogP contribution in [0.1, 0.15) is 32.6 Å². The molecule has 0 aromatic heterocycles. The molecule has 0 aromatic carbocycles. The molecule has 5 aliphatic carbocycles. The van der Waals surface area contributed by atoms with Crippen molar-refractivity contribution in [2.24, 2.45) is 35.5 Å². The van der Waals surface area contributed by atoms with Gasteiger partial charge in [-0.25, -0.2) is 0 Å². The van der Waals surface area contributed by atoms with E-state index in [0.717, 1.165) is 17.8 Å². The highest BCUT2D eigenvalue weighted by Crippen LogP contribution is 2.80. The summed E-state index contributed by atoms with van der Waals surface area (Å²) in [6.45, 7) is 2.31. The monoisotopic (exact) mass is 174 g/mol. The lowest BCUT2D eigenvalue weighted by molar-refractivity contribution is 0.452. The van der Waals surface area contributed by atoms with Gasteiger partial charge in [0.25, 0.3) is 0 Å². The summed E-state index contributed by atoms with van der Waals surface area (Å²) >= 11 is 0. The number of rotatable bonds is 3. The zero-order valence-electron chi connectivity index (χ0n) is 8.37. The van der Waals surface area contributed by atoms with Crippen molar-refractivity contribution in [1.82, 2.24) is 0 Å². The Morgan fingerprint density at radius 1 is 1.31 bits per heavy atom. The second kappa shape index (κ2) is 2.04. The predicted molar refractivity (Wildman–Crippen MR) is 53.2 cm³/mol. The van der Waals surface area contributed by atoms with Gasteiger partial charge in [-0.05, 0) is 54.8 Å². The summed E-state index contributed by atoms with van der Waals surface area (Å²) in [5.41, 5.74) is 1.89. The molecule has 0 aromatic rings. The summed E-state index contributed by atoms with van der Waals surface area (Å²) in [5, 5.41) is 0. The van der Waals surface area contributed by atoms with Gasteiger partial charge in [-0.2, -0.15) is 0 Å². The molecule has 70 valence electrons. The van der Waals surface area contributed by atoms with Crippen molar-refractivity contribution in [1.29, 1.82) is 0 Å². The van der Waals surface area contributed by atoms with Gasteiger partial charge in [0.2, 0.25) is 0 Å². The van der Waals surface area contributed by atoms with Crippen LogP contribution in [-0.4, -0.2) is 0 Å². The van der Waals surface area contributed by atoms with Crippen molar-refractivity contribution in [3.63, 3.8) is 0 Å². The summed E-state index contributed by atoms with van der Waals surface area (Å²) in [6.07, 6.45) is 8.54. The molecule has 0 saturated heterocycles. The third kappa shape index (κ3) is 0.639. The number of allylic oxidation sites excluding steroid dienone is 2. The molecule has 0 unspecified atom stereocenters. The molecule has 0 radical (unpaired) electrons. The van der Waals surface area contributed by atoms with Gasteiger partial charge in [0.1, 0.15) is 0 Å². The van der Waals surface area contributed by atoms with E-state index in [1.807, 2.05) is 5.57 Å². The minimum Gasteiger partial charge on any atom is -0.0813 e. The van der Waals surface area contributed by atoms with Gasteiger partial charge in [-0.1, -0.05) is 25.0 Å². The average molecular weight is 174 g/mol. The van der Waals surface area contributed by atoms with E-state index in [-0.39, 0.29) is 0 Å². The van der Waals surface area contributed by atoms with E-state index in [2.05, 4.69) is 13.0 Å². The van der Waals surface area contributed by atoms with Gasteiger partial charge in [-0.15, -0.1) is 0 Å². The largest absolute Gasteiger partial charge is 0.0813 e. The van der Waals surface area contributed by atoms with E-state index in [9.17, 15) is 0 Å². The lowest BCUT2D eigenvalue weighted by Gasteiger charge is -2.13. The van der Waals surface area contributed by atoms with Crippen LogP contribution in [-0.2, 0) is 0 Å². The molecule has 0 N–H and O–H groups in total. The molecule has 4 saturated carbocycles. The van der Waals surface area contributed by atoms with E-state index in [0.29, 0.717) is 0 Å². The minimum atomic E-state index is 1.08. The number of hydrogen-bond donors (Lipinski definition) is 0. The van der Waals surface area contributed by atoms with Gasteiger partial charge in [0, 0.05) is 0 Å². The molecule has 0 aliphatic heterocycles. The van der Waals surface area contributed by atoms with Crippen LogP contribution < -0.4 is 0 Å². The highest BCUT2D eigenvalue weighted by molar-refractivity contribution is 5.37. The molecule has 5 rings (SSSR count). The first-order valence-corrected chi connectivity index (χ1v) is 6.12. The minimum absolute atomic E-state index is 1.08. The summed E-state index contributed by atoms with van der Waals surface area (Å²) < 4.78 is 0. The quantitative estimate of drug-likeness (QED) is 0.576. The van der Waals surface area contributed by atoms with E-state index in [1.54, 1.807) is 6.42 Å². The summed E-state index contributed by atoms with van der Waals surface area (Å²) in [6, 6.07) is 0. The fourth-order valence-electron chi connectivity index (χ4n) is 4.96. The first kappa shape index (κ1) is 7.09. The number of hydrogen-bond acceptors (Lipinski definition) is 0. The Kier molecular flexibility index (Phi) is 1.11. The molecule has 0 heterocycles. The van der Waals surface area contributed by atoms with Gasteiger partial charge in [0.15, 0.2) is 0 Å². The van der Waals surface area contributed by atoms with Crippen LogP contribution >= 0.6 is 0 Å². The lowest BCUT2D eigenvalue weighted by atomic mass is 9.91. The van der Waals surface area contributed by atoms with Gasteiger partial charge < -0.3 is 0 Å². The van der Waals surface area contributed by atoms with Crippen LogP contribution in [0.3, 0.4) is 0 Å². The Labute approximate surface area is 80.4 Å². The lowest BCUT2D eigenvalue weighted by Crippen LogP contribution is -2.04. The smallest absolute Gasteiger partial charge is 0.0135 e. The van der Waals surface area contributed by atoms with Crippen LogP contribution in [0.25, 0.3) is 0 Å². The third-order valence-corrected chi connectivity index (χ3v) is 5.31. The van der Waals surface area contributed by atoms with Crippen LogP contribution in [0.5, 0.6) is 0 Å². The normalized spacial score (nSPS) is 58.7. The third-order valence-electron chi connectivity index (χ3n) is 5.31. The van der Waals surface area contributed by atoms with Crippen LogP contribution in [0.15, 0.2) is 11.6 Å². The second-order valence-electron chi connectivity index (χ2n) is 5.67. The number of unbranched alkanes of at least 4 members (excludes halogenated alkanes) is 1. The Morgan fingerprint density at radius 3 is 2.85 bits per heavy atom. The van der Waals surface area contributed by atoms with Gasteiger partial charge in [0.05, 0.1) is 0 Å². The first-order valence-electron chi connectivity index (χ1n) is 6.12. The standard InChI is InChI=1S/C13H18/c1-2-3-4-7-5-8-9-6-10-12(8)13(10)11(7)9/h5,8-13H,2-4,6H2,1H3/t8-,9+,10-,11+,12-,13-/m0/s1. The van der Waals surface area contributed by atoms with Crippen LogP contribution in [0.2, 0.25) is 0 Å². The Morgan fingerprint density at radius 2 is 2.23 bits per heavy atom. The zero-order chi connectivity index (χ0) is 8.58. The fourth-order valence-corrected chi connectivity index (χ4v) is 4.96. The molecule has 6 atom stereocenters. The second-order valence-corrected chi connectivity index (χ2v) is 5.67. The Bertz CT molecular complexity index is 288. The molecule has 5 aliphatic rings. The summed E-state index contributed by atoms with van der Waals surface area (Å²) in [7, 11) is 0. The molecular weight excluding hydrogens is 156 g/mol. The maximum atomic E-state index is 2.69. The maximum absolute atomic E-state index is 2.69. The van der Waals surface area contributed by atoms with Crippen molar-refractivity contribution < 1.29 is 0 Å². The summed E-state index contributed by atoms with van der Waals surface area (Å²) in [5.74, 6) is 6.92. The predicted octanol–water partition coefficient (Wildman–Crippen LogP) is 3.24. The average Bonchev–Trinajstić information content (AvgIpc) is 2.57. The van der Waals surface area contributed by atoms with Crippen molar-refractivity contribution in [3.8, 4) is 0 Å². The molecule has 0 heteroatoms.